The van der Waals surface area contributed by atoms with Gasteiger partial charge in [-0.2, -0.15) is 0 Å². The molecule has 0 aromatic heterocycles. The predicted molar refractivity (Wildman–Crippen MR) is 59.6 cm³/mol. The summed E-state index contributed by atoms with van der Waals surface area (Å²) in [5, 5.41) is 1.30. The minimum atomic E-state index is 0.566. The van der Waals surface area contributed by atoms with E-state index in [9.17, 15) is 0 Å². The summed E-state index contributed by atoms with van der Waals surface area (Å²) >= 11 is 1.90. The van der Waals surface area contributed by atoms with Crippen LogP contribution in [0.1, 0.15) is 17.9 Å². The molecule has 0 aliphatic carbocycles. The lowest BCUT2D eigenvalue weighted by molar-refractivity contribution is 0.881. The van der Waals surface area contributed by atoms with Crippen LogP contribution in [-0.4, -0.2) is 17.8 Å². The number of hydrogen-bond acceptors (Lipinski definition) is 2. The van der Waals surface area contributed by atoms with E-state index in [1.54, 1.807) is 0 Å². The van der Waals surface area contributed by atoms with E-state index in [1.165, 1.54) is 22.8 Å². The van der Waals surface area contributed by atoms with Gasteiger partial charge in [0.25, 0.3) is 0 Å². The first-order valence-corrected chi connectivity index (χ1v) is 5.55. The van der Waals surface area contributed by atoms with Crippen molar-refractivity contribution < 1.29 is 0 Å². The average Bonchev–Trinajstić information content (AvgIpc) is 2.67. The van der Waals surface area contributed by atoms with E-state index in [1.807, 2.05) is 18.8 Å². The predicted octanol–water partition coefficient (Wildman–Crippen LogP) is 2.94. The molecule has 2 heteroatoms. The van der Waals surface area contributed by atoms with Gasteiger partial charge in [0.05, 0.1) is 5.04 Å². The summed E-state index contributed by atoms with van der Waals surface area (Å²) in [7, 11) is 1.89. The van der Waals surface area contributed by atoms with Crippen molar-refractivity contribution in [1.82, 2.24) is 0 Å². The molecular weight excluding hydrogens is 178 g/mol. The Kier molecular flexibility index (Phi) is 2.69. The lowest BCUT2D eigenvalue weighted by atomic mass is 9.98. The molecule has 0 amide bonds. The fraction of sp³-hybridized carbons (Fsp3) is 0.364. The molecule has 0 radical (unpaired) electrons. The van der Waals surface area contributed by atoms with Crippen LogP contribution >= 0.6 is 11.8 Å². The molecule has 1 aromatic carbocycles. The topological polar surface area (TPSA) is 12.4 Å². The summed E-state index contributed by atoms with van der Waals surface area (Å²) in [6.07, 6.45) is 1.24. The maximum Gasteiger partial charge on any atom is 0.0747 e. The van der Waals surface area contributed by atoms with E-state index in [-0.39, 0.29) is 0 Å². The molecule has 0 bridgehead atoms. The zero-order valence-corrected chi connectivity index (χ0v) is 8.55. The molecule has 2 rings (SSSR count). The van der Waals surface area contributed by atoms with Crippen LogP contribution < -0.4 is 0 Å². The summed E-state index contributed by atoms with van der Waals surface area (Å²) in [5.41, 5.74) is 1.41. The van der Waals surface area contributed by atoms with E-state index >= 15 is 0 Å². The summed E-state index contributed by atoms with van der Waals surface area (Å²) < 4.78 is 0. The number of aliphatic imine (C=N–C) groups is 1. The maximum absolute atomic E-state index is 4.32. The largest absolute Gasteiger partial charge is 0.286 e. The van der Waals surface area contributed by atoms with Crippen LogP contribution in [0.3, 0.4) is 0 Å². The number of benzene rings is 1. The highest BCUT2D eigenvalue weighted by molar-refractivity contribution is 8.14. The number of nitrogens with zero attached hydrogens (tertiary/aromatic N) is 1. The molecule has 1 aliphatic rings. The van der Waals surface area contributed by atoms with Gasteiger partial charge < -0.3 is 0 Å². The first kappa shape index (κ1) is 8.82. The van der Waals surface area contributed by atoms with E-state index in [0.29, 0.717) is 5.92 Å². The Morgan fingerprint density at radius 2 is 2.08 bits per heavy atom. The first-order valence-electron chi connectivity index (χ1n) is 4.56. The van der Waals surface area contributed by atoms with Gasteiger partial charge in [-0.25, -0.2) is 0 Å². The Balaban J connectivity index is 2.27. The quantitative estimate of drug-likeness (QED) is 0.665. The normalized spacial score (nSPS) is 25.3. The minimum absolute atomic E-state index is 0.566. The van der Waals surface area contributed by atoms with Gasteiger partial charge in [-0.3, -0.25) is 4.99 Å². The van der Waals surface area contributed by atoms with Crippen molar-refractivity contribution in [2.75, 3.05) is 12.8 Å². The van der Waals surface area contributed by atoms with Crippen molar-refractivity contribution in [3.8, 4) is 0 Å². The highest BCUT2D eigenvalue weighted by Crippen LogP contribution is 2.34. The molecular formula is C11H13NS. The van der Waals surface area contributed by atoms with E-state index < -0.39 is 0 Å². The van der Waals surface area contributed by atoms with E-state index in [0.717, 1.165) is 0 Å². The Morgan fingerprint density at radius 1 is 1.31 bits per heavy atom. The van der Waals surface area contributed by atoms with Crippen molar-refractivity contribution in [1.29, 1.82) is 0 Å². The summed E-state index contributed by atoms with van der Waals surface area (Å²) in [4.78, 5) is 4.32. The van der Waals surface area contributed by atoms with E-state index in [4.69, 9.17) is 0 Å². The molecule has 13 heavy (non-hydrogen) atoms. The molecule has 1 aliphatic heterocycles. The fourth-order valence-corrected chi connectivity index (χ4v) is 2.87. The third-order valence-corrected chi connectivity index (χ3v) is 3.58. The van der Waals surface area contributed by atoms with Gasteiger partial charge in [0.1, 0.15) is 0 Å². The minimum Gasteiger partial charge on any atom is -0.286 e. The lowest BCUT2D eigenvalue weighted by Crippen LogP contribution is -2.02. The maximum atomic E-state index is 4.32. The van der Waals surface area contributed by atoms with Crippen LogP contribution in [0.2, 0.25) is 0 Å². The van der Waals surface area contributed by atoms with Gasteiger partial charge in [-0.1, -0.05) is 30.3 Å². The van der Waals surface area contributed by atoms with Crippen LogP contribution in [0.15, 0.2) is 35.3 Å². The van der Waals surface area contributed by atoms with Crippen molar-refractivity contribution in [2.24, 2.45) is 4.99 Å². The molecule has 1 fully saturated rings. The van der Waals surface area contributed by atoms with Crippen LogP contribution in [0.25, 0.3) is 0 Å². The van der Waals surface area contributed by atoms with Crippen LogP contribution in [0.5, 0.6) is 0 Å². The van der Waals surface area contributed by atoms with Crippen molar-refractivity contribution in [3.05, 3.63) is 35.9 Å². The summed E-state index contributed by atoms with van der Waals surface area (Å²) in [6, 6.07) is 10.7. The van der Waals surface area contributed by atoms with Crippen LogP contribution in [0, 0.1) is 0 Å². The Hall–Kier alpha value is -0.760. The van der Waals surface area contributed by atoms with Gasteiger partial charge in [0.15, 0.2) is 0 Å². The monoisotopic (exact) mass is 191 g/mol. The number of thioether (sulfide) groups is 1. The van der Waals surface area contributed by atoms with Crippen LogP contribution in [-0.2, 0) is 0 Å². The SMILES string of the molecule is CN=C1SCCC1c1ccccc1. The van der Waals surface area contributed by atoms with Crippen molar-refractivity contribution in [2.45, 2.75) is 12.3 Å². The second-order valence-electron chi connectivity index (χ2n) is 3.16. The molecule has 1 aromatic rings. The summed E-state index contributed by atoms with van der Waals surface area (Å²) in [6.45, 7) is 0. The highest BCUT2D eigenvalue weighted by atomic mass is 32.2. The fourth-order valence-electron chi connectivity index (χ4n) is 1.72. The molecule has 1 unspecified atom stereocenters. The molecule has 0 saturated carbocycles. The molecule has 1 saturated heterocycles. The number of hydrogen-bond donors (Lipinski definition) is 0. The zero-order chi connectivity index (χ0) is 9.10. The molecule has 1 atom stereocenters. The van der Waals surface area contributed by atoms with Crippen molar-refractivity contribution >= 4 is 16.8 Å². The molecule has 1 nitrogen and oxygen atoms in total. The zero-order valence-electron chi connectivity index (χ0n) is 7.73. The van der Waals surface area contributed by atoms with Gasteiger partial charge in [-0.05, 0) is 12.0 Å². The third-order valence-electron chi connectivity index (χ3n) is 2.38. The van der Waals surface area contributed by atoms with Gasteiger partial charge in [0, 0.05) is 18.7 Å². The first-order chi connectivity index (χ1) is 6.42. The molecule has 1 heterocycles. The Morgan fingerprint density at radius 3 is 2.77 bits per heavy atom. The smallest absolute Gasteiger partial charge is 0.0747 e. The molecule has 0 N–H and O–H groups in total. The van der Waals surface area contributed by atoms with Crippen molar-refractivity contribution in [3.63, 3.8) is 0 Å². The highest BCUT2D eigenvalue weighted by Gasteiger charge is 2.23. The average molecular weight is 191 g/mol. The third kappa shape index (κ3) is 1.78. The second kappa shape index (κ2) is 3.97. The van der Waals surface area contributed by atoms with Gasteiger partial charge in [-0.15, -0.1) is 11.8 Å². The number of rotatable bonds is 1. The lowest BCUT2D eigenvalue weighted by Gasteiger charge is -2.09. The van der Waals surface area contributed by atoms with Gasteiger partial charge in [0.2, 0.25) is 0 Å². The molecule has 68 valence electrons. The molecule has 0 spiro atoms. The van der Waals surface area contributed by atoms with Crippen LogP contribution in [0.4, 0.5) is 0 Å². The standard InChI is InChI=1S/C11H13NS/c1-12-11-10(7-8-13-11)9-5-3-2-4-6-9/h2-6,10H,7-8H2,1H3. The Labute approximate surface area is 83.3 Å². The Bertz CT molecular complexity index is 305. The second-order valence-corrected chi connectivity index (χ2v) is 4.28. The summed E-state index contributed by atoms with van der Waals surface area (Å²) in [5.74, 6) is 1.78. The van der Waals surface area contributed by atoms with Gasteiger partial charge >= 0.3 is 0 Å². The van der Waals surface area contributed by atoms with E-state index in [2.05, 4.69) is 35.3 Å².